The number of benzene rings is 1. The summed E-state index contributed by atoms with van der Waals surface area (Å²) in [5, 5.41) is 11.6. The SMILES string of the molecule is O=C(OCc1ccc(Cl)nc1)C1CCN(c2ccc(C(F)(F)F)cc2[N+](=O)[O-])CC1. The van der Waals surface area contributed by atoms with Gasteiger partial charge in [-0.25, -0.2) is 4.98 Å². The lowest BCUT2D eigenvalue weighted by Crippen LogP contribution is -2.37. The van der Waals surface area contributed by atoms with Gasteiger partial charge in [0.15, 0.2) is 0 Å². The van der Waals surface area contributed by atoms with Gasteiger partial charge in [0.2, 0.25) is 0 Å². The fourth-order valence-electron chi connectivity index (χ4n) is 3.23. The van der Waals surface area contributed by atoms with Gasteiger partial charge in [0.1, 0.15) is 17.4 Å². The molecule has 0 unspecified atom stereocenters. The number of piperidine rings is 1. The molecule has 1 fully saturated rings. The number of carbonyl (C=O) groups excluding carboxylic acids is 1. The fourth-order valence-corrected chi connectivity index (χ4v) is 3.35. The topological polar surface area (TPSA) is 85.6 Å². The van der Waals surface area contributed by atoms with Crippen molar-refractivity contribution < 1.29 is 27.6 Å². The van der Waals surface area contributed by atoms with Crippen molar-refractivity contribution in [2.24, 2.45) is 5.92 Å². The molecular weight excluding hydrogens is 427 g/mol. The molecule has 1 saturated heterocycles. The first kappa shape index (κ1) is 21.8. The summed E-state index contributed by atoms with van der Waals surface area (Å²) >= 11 is 5.70. The Kier molecular flexibility index (Phi) is 6.45. The van der Waals surface area contributed by atoms with E-state index in [1.165, 1.54) is 6.20 Å². The van der Waals surface area contributed by atoms with E-state index in [1.54, 1.807) is 17.0 Å². The molecule has 7 nitrogen and oxygen atoms in total. The second kappa shape index (κ2) is 8.86. The summed E-state index contributed by atoms with van der Waals surface area (Å²) in [4.78, 5) is 28.3. The van der Waals surface area contributed by atoms with Crippen LogP contribution in [-0.2, 0) is 22.3 Å². The number of esters is 1. The summed E-state index contributed by atoms with van der Waals surface area (Å²) in [7, 11) is 0. The van der Waals surface area contributed by atoms with Crippen molar-refractivity contribution in [3.05, 3.63) is 62.9 Å². The number of rotatable bonds is 5. The van der Waals surface area contributed by atoms with Gasteiger partial charge in [-0.05, 0) is 31.0 Å². The molecule has 0 spiro atoms. The third kappa shape index (κ3) is 5.18. The van der Waals surface area contributed by atoms with Gasteiger partial charge in [0.25, 0.3) is 5.69 Å². The van der Waals surface area contributed by atoms with E-state index in [4.69, 9.17) is 16.3 Å². The molecule has 1 aliphatic rings. The zero-order valence-electron chi connectivity index (χ0n) is 15.6. The molecule has 1 aliphatic heterocycles. The van der Waals surface area contributed by atoms with E-state index in [0.29, 0.717) is 29.6 Å². The molecule has 11 heteroatoms. The Labute approximate surface area is 174 Å². The molecule has 1 aromatic carbocycles. The van der Waals surface area contributed by atoms with E-state index in [2.05, 4.69) is 4.98 Å². The quantitative estimate of drug-likeness (QED) is 0.290. The van der Waals surface area contributed by atoms with Gasteiger partial charge >= 0.3 is 12.1 Å². The number of hydrogen-bond donors (Lipinski definition) is 0. The maximum atomic E-state index is 12.9. The van der Waals surface area contributed by atoms with Gasteiger partial charge in [0.05, 0.1) is 16.4 Å². The van der Waals surface area contributed by atoms with Crippen LogP contribution in [0.25, 0.3) is 0 Å². The number of nitrogens with zero attached hydrogens (tertiary/aromatic N) is 3. The van der Waals surface area contributed by atoms with Crippen LogP contribution in [0.2, 0.25) is 5.15 Å². The first-order valence-corrected chi connectivity index (χ1v) is 9.40. The lowest BCUT2D eigenvalue weighted by Gasteiger charge is -2.32. The molecule has 0 radical (unpaired) electrons. The minimum Gasteiger partial charge on any atom is -0.461 e. The van der Waals surface area contributed by atoms with Crippen molar-refractivity contribution in [2.75, 3.05) is 18.0 Å². The fraction of sp³-hybridized carbons (Fsp3) is 0.368. The number of anilines is 1. The molecule has 0 aliphatic carbocycles. The van der Waals surface area contributed by atoms with Gasteiger partial charge in [-0.2, -0.15) is 13.2 Å². The molecule has 0 amide bonds. The molecule has 0 saturated carbocycles. The maximum absolute atomic E-state index is 12.9. The first-order chi connectivity index (χ1) is 14.1. The minimum atomic E-state index is -4.67. The van der Waals surface area contributed by atoms with E-state index in [1.807, 2.05) is 0 Å². The third-order valence-corrected chi connectivity index (χ3v) is 5.06. The van der Waals surface area contributed by atoms with Crippen molar-refractivity contribution in [1.29, 1.82) is 0 Å². The number of nitro benzene ring substituents is 1. The number of carbonyl (C=O) groups is 1. The van der Waals surface area contributed by atoms with Gasteiger partial charge in [-0.1, -0.05) is 17.7 Å². The number of halogens is 4. The summed E-state index contributed by atoms with van der Waals surface area (Å²) in [6.07, 6.45) is -2.42. The number of aromatic nitrogens is 1. The van der Waals surface area contributed by atoms with E-state index >= 15 is 0 Å². The Balaban J connectivity index is 1.61. The highest BCUT2D eigenvalue weighted by molar-refractivity contribution is 6.29. The number of nitro groups is 1. The highest BCUT2D eigenvalue weighted by Gasteiger charge is 2.35. The molecule has 2 aromatic rings. The smallest absolute Gasteiger partial charge is 0.416 e. The van der Waals surface area contributed by atoms with Gasteiger partial charge < -0.3 is 9.64 Å². The second-order valence-electron chi connectivity index (χ2n) is 6.82. The van der Waals surface area contributed by atoms with E-state index in [9.17, 15) is 28.1 Å². The van der Waals surface area contributed by atoms with Crippen LogP contribution in [-0.4, -0.2) is 29.0 Å². The Morgan fingerprint density at radius 1 is 1.27 bits per heavy atom. The highest BCUT2D eigenvalue weighted by atomic mass is 35.5. The number of ether oxygens (including phenoxy) is 1. The largest absolute Gasteiger partial charge is 0.461 e. The van der Waals surface area contributed by atoms with Crippen LogP contribution in [0.5, 0.6) is 0 Å². The molecule has 2 heterocycles. The van der Waals surface area contributed by atoms with Crippen LogP contribution in [0.4, 0.5) is 24.5 Å². The van der Waals surface area contributed by atoms with Crippen LogP contribution >= 0.6 is 11.6 Å². The summed E-state index contributed by atoms with van der Waals surface area (Å²) in [5.41, 5.74) is -0.896. The van der Waals surface area contributed by atoms with Crippen molar-refractivity contribution in [1.82, 2.24) is 4.98 Å². The lowest BCUT2D eigenvalue weighted by molar-refractivity contribution is -0.384. The van der Waals surface area contributed by atoms with E-state index in [-0.39, 0.29) is 25.4 Å². The van der Waals surface area contributed by atoms with Crippen molar-refractivity contribution >= 4 is 28.9 Å². The van der Waals surface area contributed by atoms with Crippen LogP contribution in [0, 0.1) is 16.0 Å². The Bertz CT molecular complexity index is 930. The van der Waals surface area contributed by atoms with Crippen LogP contribution in [0.3, 0.4) is 0 Å². The summed E-state index contributed by atoms with van der Waals surface area (Å²) < 4.78 is 43.9. The first-order valence-electron chi connectivity index (χ1n) is 9.03. The molecule has 3 rings (SSSR count). The molecular formula is C19H17ClF3N3O4. The number of alkyl halides is 3. The average molecular weight is 444 g/mol. The summed E-state index contributed by atoms with van der Waals surface area (Å²) in [6.45, 7) is 0.622. The predicted octanol–water partition coefficient (Wildman–Crippen LogP) is 4.62. The minimum absolute atomic E-state index is 0.0492. The lowest BCUT2D eigenvalue weighted by atomic mass is 9.96. The summed E-state index contributed by atoms with van der Waals surface area (Å²) in [5.74, 6) is -0.790. The van der Waals surface area contributed by atoms with Crippen molar-refractivity contribution in [2.45, 2.75) is 25.6 Å². The predicted molar refractivity (Wildman–Crippen MR) is 102 cm³/mol. The Morgan fingerprint density at radius 2 is 1.97 bits per heavy atom. The zero-order chi connectivity index (χ0) is 21.9. The normalized spacial score (nSPS) is 15.1. The average Bonchev–Trinajstić information content (AvgIpc) is 2.72. The molecule has 0 atom stereocenters. The van der Waals surface area contributed by atoms with E-state index < -0.39 is 34.2 Å². The monoisotopic (exact) mass is 443 g/mol. The van der Waals surface area contributed by atoms with Gasteiger partial charge in [0, 0.05) is 30.9 Å². The summed E-state index contributed by atoms with van der Waals surface area (Å²) in [6, 6.07) is 5.74. The number of hydrogen-bond acceptors (Lipinski definition) is 6. The van der Waals surface area contributed by atoms with E-state index in [0.717, 1.165) is 12.1 Å². The molecule has 160 valence electrons. The Hall–Kier alpha value is -2.88. The van der Waals surface area contributed by atoms with Crippen LogP contribution in [0.1, 0.15) is 24.0 Å². The number of pyridine rings is 1. The zero-order valence-corrected chi connectivity index (χ0v) is 16.3. The standard InChI is InChI=1S/C19H17ClF3N3O4/c20-17-4-1-12(10-24-17)11-30-18(27)13-5-7-25(8-6-13)15-3-2-14(19(21,22)23)9-16(15)26(28)29/h1-4,9-10,13H,5-8,11H2. The molecule has 0 N–H and O–H groups in total. The second-order valence-corrected chi connectivity index (χ2v) is 7.20. The van der Waals surface area contributed by atoms with Crippen LogP contribution < -0.4 is 4.90 Å². The van der Waals surface area contributed by atoms with Crippen molar-refractivity contribution in [3.63, 3.8) is 0 Å². The van der Waals surface area contributed by atoms with Crippen LogP contribution in [0.15, 0.2) is 36.5 Å². The third-order valence-electron chi connectivity index (χ3n) is 4.84. The van der Waals surface area contributed by atoms with Gasteiger partial charge in [-0.15, -0.1) is 0 Å². The Morgan fingerprint density at radius 3 is 2.53 bits per heavy atom. The maximum Gasteiger partial charge on any atom is 0.416 e. The van der Waals surface area contributed by atoms with Crippen molar-refractivity contribution in [3.8, 4) is 0 Å². The molecule has 0 bridgehead atoms. The van der Waals surface area contributed by atoms with Gasteiger partial charge in [-0.3, -0.25) is 14.9 Å². The highest BCUT2D eigenvalue weighted by Crippen LogP contribution is 2.37. The molecule has 1 aromatic heterocycles. The molecule has 30 heavy (non-hydrogen) atoms.